The van der Waals surface area contributed by atoms with E-state index in [9.17, 15) is 9.59 Å². The predicted molar refractivity (Wildman–Crippen MR) is 125 cm³/mol. The van der Waals surface area contributed by atoms with Gasteiger partial charge in [-0.2, -0.15) is 0 Å². The summed E-state index contributed by atoms with van der Waals surface area (Å²) in [5.74, 6) is -0.0122. The molecule has 0 aliphatic carbocycles. The number of anilines is 1. The van der Waals surface area contributed by atoms with Gasteiger partial charge in [0.25, 0.3) is 5.56 Å². The maximum atomic E-state index is 13.2. The second-order valence-electron chi connectivity index (χ2n) is 7.45. The van der Waals surface area contributed by atoms with E-state index >= 15 is 0 Å². The standard InChI is InChI=1S/C23H24N4O3S/c1-14-10-15(2)12-16(11-14)24-19(28)13-31-23-26-20-17-6-4-5-7-18(17)25-21(20)22(29)27(23)8-9-30-3/h4-7,10-12,25H,8-9,13H2,1-3H3,(H,24,28). The molecule has 1 amide bonds. The van der Waals surface area contributed by atoms with Crippen LogP contribution in [0.2, 0.25) is 0 Å². The number of carbonyl (C=O) groups excluding carboxylic acids is 1. The van der Waals surface area contributed by atoms with Crippen molar-refractivity contribution in [2.75, 3.05) is 24.8 Å². The third-order valence-corrected chi connectivity index (χ3v) is 5.91. The van der Waals surface area contributed by atoms with Crippen molar-refractivity contribution in [3.8, 4) is 0 Å². The second-order valence-corrected chi connectivity index (χ2v) is 8.39. The van der Waals surface area contributed by atoms with Gasteiger partial charge in [-0.15, -0.1) is 0 Å². The molecule has 0 saturated carbocycles. The van der Waals surface area contributed by atoms with Gasteiger partial charge in [-0.05, 0) is 43.2 Å². The monoisotopic (exact) mass is 436 g/mol. The van der Waals surface area contributed by atoms with Gasteiger partial charge in [0.2, 0.25) is 5.91 Å². The number of para-hydroxylation sites is 1. The maximum Gasteiger partial charge on any atom is 0.278 e. The Morgan fingerprint density at radius 3 is 2.68 bits per heavy atom. The number of amides is 1. The summed E-state index contributed by atoms with van der Waals surface area (Å²) in [5.41, 5.74) is 4.70. The molecule has 2 aromatic heterocycles. The Morgan fingerprint density at radius 1 is 1.19 bits per heavy atom. The first-order valence-electron chi connectivity index (χ1n) is 9.97. The molecule has 0 atom stereocenters. The number of aryl methyl sites for hydroxylation is 2. The van der Waals surface area contributed by atoms with Gasteiger partial charge >= 0.3 is 0 Å². The molecule has 0 aliphatic rings. The summed E-state index contributed by atoms with van der Waals surface area (Å²) in [5, 5.41) is 4.31. The number of fused-ring (bicyclic) bond motifs is 3. The molecule has 0 bridgehead atoms. The molecule has 0 saturated heterocycles. The number of rotatable bonds is 7. The van der Waals surface area contributed by atoms with Crippen LogP contribution in [-0.4, -0.2) is 39.9 Å². The van der Waals surface area contributed by atoms with E-state index in [4.69, 9.17) is 9.72 Å². The average molecular weight is 437 g/mol. The molecule has 0 aliphatic heterocycles. The number of thioether (sulfide) groups is 1. The predicted octanol–water partition coefficient (Wildman–Crippen LogP) is 3.87. The molecule has 31 heavy (non-hydrogen) atoms. The van der Waals surface area contributed by atoms with Gasteiger partial charge < -0.3 is 15.0 Å². The quantitative estimate of drug-likeness (QED) is 0.339. The van der Waals surface area contributed by atoms with Crippen LogP contribution in [0.3, 0.4) is 0 Å². The number of H-pyrrole nitrogens is 1. The first-order valence-corrected chi connectivity index (χ1v) is 11.0. The van der Waals surface area contributed by atoms with Crippen LogP contribution in [-0.2, 0) is 16.1 Å². The molecule has 160 valence electrons. The number of ether oxygens (including phenoxy) is 1. The summed E-state index contributed by atoms with van der Waals surface area (Å²) in [6.07, 6.45) is 0. The van der Waals surface area contributed by atoms with E-state index in [0.717, 1.165) is 27.7 Å². The lowest BCUT2D eigenvalue weighted by molar-refractivity contribution is -0.113. The smallest absolute Gasteiger partial charge is 0.278 e. The molecule has 4 aromatic rings. The second kappa shape index (κ2) is 8.95. The molecule has 4 rings (SSSR count). The number of nitrogens with zero attached hydrogens (tertiary/aromatic N) is 2. The summed E-state index contributed by atoms with van der Waals surface area (Å²) in [6, 6.07) is 13.6. The maximum absolute atomic E-state index is 13.2. The average Bonchev–Trinajstić information content (AvgIpc) is 3.10. The first-order chi connectivity index (χ1) is 15.0. The Balaban J connectivity index is 1.64. The summed E-state index contributed by atoms with van der Waals surface area (Å²) in [4.78, 5) is 33.6. The summed E-state index contributed by atoms with van der Waals surface area (Å²) in [7, 11) is 1.59. The first kappa shape index (κ1) is 21.1. The summed E-state index contributed by atoms with van der Waals surface area (Å²) >= 11 is 1.24. The number of hydrogen-bond donors (Lipinski definition) is 2. The third kappa shape index (κ3) is 4.50. The van der Waals surface area contributed by atoms with Crippen LogP contribution in [0.5, 0.6) is 0 Å². The van der Waals surface area contributed by atoms with Crippen molar-refractivity contribution >= 4 is 45.3 Å². The highest BCUT2D eigenvalue weighted by atomic mass is 32.2. The largest absolute Gasteiger partial charge is 0.383 e. The van der Waals surface area contributed by atoms with E-state index < -0.39 is 0 Å². The molecular formula is C23H24N4O3S. The van der Waals surface area contributed by atoms with Crippen LogP contribution in [0.4, 0.5) is 5.69 Å². The normalized spacial score (nSPS) is 11.3. The van der Waals surface area contributed by atoms with Crippen LogP contribution in [0.25, 0.3) is 21.9 Å². The van der Waals surface area contributed by atoms with Gasteiger partial charge in [0, 0.05) is 23.7 Å². The molecular weight excluding hydrogens is 412 g/mol. The number of benzene rings is 2. The van der Waals surface area contributed by atoms with Crippen LogP contribution in [0.1, 0.15) is 11.1 Å². The molecule has 0 unspecified atom stereocenters. The number of nitrogens with one attached hydrogen (secondary N) is 2. The number of aromatic nitrogens is 3. The highest BCUT2D eigenvalue weighted by Gasteiger charge is 2.17. The van der Waals surface area contributed by atoms with Gasteiger partial charge in [-0.1, -0.05) is 36.0 Å². The van der Waals surface area contributed by atoms with E-state index in [-0.39, 0.29) is 17.2 Å². The minimum atomic E-state index is -0.171. The third-order valence-electron chi connectivity index (χ3n) is 4.93. The molecule has 2 heterocycles. The van der Waals surface area contributed by atoms with E-state index in [1.165, 1.54) is 11.8 Å². The number of methoxy groups -OCH3 is 1. The lowest BCUT2D eigenvalue weighted by Gasteiger charge is -2.12. The minimum absolute atomic E-state index is 0.139. The van der Waals surface area contributed by atoms with Gasteiger partial charge in [0.15, 0.2) is 5.16 Å². The SMILES string of the molecule is COCCn1c(SCC(=O)Nc2cc(C)cc(C)c2)nc2c([nH]c3ccccc32)c1=O. The zero-order chi connectivity index (χ0) is 22.0. The Morgan fingerprint density at radius 2 is 1.94 bits per heavy atom. The Hall–Kier alpha value is -3.10. The van der Waals surface area contributed by atoms with Crippen molar-refractivity contribution in [1.82, 2.24) is 14.5 Å². The lowest BCUT2D eigenvalue weighted by atomic mass is 10.1. The van der Waals surface area contributed by atoms with E-state index in [1.807, 2.05) is 50.2 Å². The molecule has 7 nitrogen and oxygen atoms in total. The van der Waals surface area contributed by atoms with Gasteiger partial charge in [-0.25, -0.2) is 4.98 Å². The number of aromatic amines is 1. The minimum Gasteiger partial charge on any atom is -0.383 e. The zero-order valence-corrected chi connectivity index (χ0v) is 18.5. The summed E-state index contributed by atoms with van der Waals surface area (Å²) < 4.78 is 6.73. The van der Waals surface area contributed by atoms with Gasteiger partial charge in [0.1, 0.15) is 11.0 Å². The number of hydrogen-bond acceptors (Lipinski definition) is 5. The van der Waals surface area contributed by atoms with Crippen molar-refractivity contribution in [3.05, 3.63) is 63.9 Å². The van der Waals surface area contributed by atoms with Crippen LogP contribution in [0, 0.1) is 13.8 Å². The molecule has 0 radical (unpaired) electrons. The van der Waals surface area contributed by atoms with E-state index in [0.29, 0.717) is 29.3 Å². The van der Waals surface area contributed by atoms with Gasteiger partial charge in [-0.3, -0.25) is 14.2 Å². The molecule has 2 aromatic carbocycles. The fourth-order valence-electron chi connectivity index (χ4n) is 3.64. The van der Waals surface area contributed by atoms with Gasteiger partial charge in [0.05, 0.1) is 18.9 Å². The van der Waals surface area contributed by atoms with Crippen molar-refractivity contribution in [3.63, 3.8) is 0 Å². The van der Waals surface area contributed by atoms with Crippen molar-refractivity contribution < 1.29 is 9.53 Å². The van der Waals surface area contributed by atoms with Crippen LogP contribution < -0.4 is 10.9 Å². The van der Waals surface area contributed by atoms with Crippen molar-refractivity contribution in [2.24, 2.45) is 0 Å². The fraction of sp³-hybridized carbons (Fsp3) is 0.261. The Kier molecular flexibility index (Phi) is 6.11. The van der Waals surface area contributed by atoms with Crippen LogP contribution >= 0.6 is 11.8 Å². The molecule has 0 fully saturated rings. The van der Waals surface area contributed by atoms with Crippen molar-refractivity contribution in [1.29, 1.82) is 0 Å². The highest BCUT2D eigenvalue weighted by Crippen LogP contribution is 2.25. The molecule has 0 spiro atoms. The van der Waals surface area contributed by atoms with E-state index in [1.54, 1.807) is 11.7 Å². The molecule has 2 N–H and O–H groups in total. The zero-order valence-electron chi connectivity index (χ0n) is 17.7. The Bertz CT molecular complexity index is 1310. The summed E-state index contributed by atoms with van der Waals surface area (Å²) in [6.45, 7) is 4.71. The van der Waals surface area contributed by atoms with E-state index in [2.05, 4.69) is 16.4 Å². The molecule has 8 heteroatoms. The topological polar surface area (TPSA) is 89.0 Å². The van der Waals surface area contributed by atoms with Crippen molar-refractivity contribution in [2.45, 2.75) is 25.5 Å². The lowest BCUT2D eigenvalue weighted by Crippen LogP contribution is -2.26. The highest BCUT2D eigenvalue weighted by molar-refractivity contribution is 7.99. The Labute approximate surface area is 183 Å². The van der Waals surface area contributed by atoms with Crippen LogP contribution in [0.15, 0.2) is 52.4 Å². The number of carbonyl (C=O) groups is 1. The fourth-order valence-corrected chi connectivity index (χ4v) is 4.46.